The number of hydrogen-bond acceptors (Lipinski definition) is 5. The second-order valence-electron chi connectivity index (χ2n) is 7.39. The number of nitrogens with zero attached hydrogens (tertiary/aromatic N) is 4. The predicted octanol–water partition coefficient (Wildman–Crippen LogP) is 2.01. The molecule has 1 aliphatic carbocycles. The third-order valence-electron chi connectivity index (χ3n) is 5.48. The number of amides is 1. The van der Waals surface area contributed by atoms with Crippen molar-refractivity contribution in [1.82, 2.24) is 25.1 Å². The molecule has 140 valence electrons. The molecule has 3 atom stereocenters. The fourth-order valence-electron chi connectivity index (χ4n) is 3.83. The summed E-state index contributed by atoms with van der Waals surface area (Å²) in [4.78, 5) is 16.8. The van der Waals surface area contributed by atoms with Crippen LogP contribution in [-0.4, -0.2) is 42.9 Å². The Labute approximate surface area is 157 Å². The van der Waals surface area contributed by atoms with E-state index in [0.717, 1.165) is 35.1 Å². The Morgan fingerprint density at radius 3 is 2.93 bits per heavy atom. The maximum Gasteiger partial charge on any atom is 0.251 e. The molecule has 0 bridgehead atoms. The predicted molar refractivity (Wildman–Crippen MR) is 101 cm³/mol. The molecule has 3 aromatic rings. The molecule has 1 aromatic carbocycles. The molecule has 7 heteroatoms. The number of carbonyl (C=O) groups excluding carboxylic acids is 1. The topological polar surface area (TPSA) is 92.9 Å². The lowest BCUT2D eigenvalue weighted by atomic mass is 10.0. The monoisotopic (exact) mass is 365 g/mol. The highest BCUT2D eigenvalue weighted by atomic mass is 16.3. The van der Waals surface area contributed by atoms with Gasteiger partial charge in [0.25, 0.3) is 5.91 Å². The van der Waals surface area contributed by atoms with Crippen LogP contribution in [0, 0.1) is 19.8 Å². The molecule has 7 nitrogen and oxygen atoms in total. The normalized spacial score (nSPS) is 22.3. The van der Waals surface area contributed by atoms with Gasteiger partial charge in [0.2, 0.25) is 0 Å². The van der Waals surface area contributed by atoms with E-state index in [0.29, 0.717) is 17.9 Å². The molecule has 0 saturated heterocycles. The van der Waals surface area contributed by atoms with Gasteiger partial charge in [-0.15, -0.1) is 0 Å². The van der Waals surface area contributed by atoms with Gasteiger partial charge >= 0.3 is 0 Å². The van der Waals surface area contributed by atoms with Crippen LogP contribution in [0.5, 0.6) is 0 Å². The van der Waals surface area contributed by atoms with Crippen LogP contribution >= 0.6 is 0 Å². The Morgan fingerprint density at radius 2 is 2.15 bits per heavy atom. The fourth-order valence-corrected chi connectivity index (χ4v) is 3.83. The van der Waals surface area contributed by atoms with Crippen molar-refractivity contribution in [1.29, 1.82) is 0 Å². The second-order valence-corrected chi connectivity index (χ2v) is 7.39. The molecule has 2 heterocycles. The van der Waals surface area contributed by atoms with Gasteiger partial charge < -0.3 is 15.0 Å². The summed E-state index contributed by atoms with van der Waals surface area (Å²) in [6.07, 6.45) is 6.34. The van der Waals surface area contributed by atoms with Crippen LogP contribution in [0.25, 0.3) is 10.9 Å². The Kier molecular flexibility index (Phi) is 4.61. The number of rotatable bonds is 4. The highest BCUT2D eigenvalue weighted by Gasteiger charge is 2.34. The number of fused-ring (bicyclic) bond motifs is 1. The molecule has 0 radical (unpaired) electrons. The third kappa shape index (κ3) is 3.55. The van der Waals surface area contributed by atoms with Gasteiger partial charge in [0, 0.05) is 29.9 Å². The first-order chi connectivity index (χ1) is 13.0. The average molecular weight is 365 g/mol. The first-order valence-electron chi connectivity index (χ1n) is 9.19. The van der Waals surface area contributed by atoms with E-state index in [1.54, 1.807) is 18.6 Å². The highest BCUT2D eigenvalue weighted by molar-refractivity contribution is 5.98. The maximum atomic E-state index is 12.7. The summed E-state index contributed by atoms with van der Waals surface area (Å²) in [5.74, 6) is 0.148. The zero-order valence-corrected chi connectivity index (χ0v) is 15.5. The summed E-state index contributed by atoms with van der Waals surface area (Å²) in [6, 6.07) is 5.19. The Bertz CT molecular complexity index is 970. The van der Waals surface area contributed by atoms with Gasteiger partial charge in [-0.05, 0) is 56.4 Å². The van der Waals surface area contributed by atoms with Crippen molar-refractivity contribution in [2.75, 3.05) is 0 Å². The van der Waals surface area contributed by atoms with Crippen molar-refractivity contribution in [2.45, 2.75) is 45.4 Å². The first-order valence-corrected chi connectivity index (χ1v) is 9.19. The number of nitrogens with one attached hydrogen (secondary N) is 1. The zero-order chi connectivity index (χ0) is 19.0. The van der Waals surface area contributed by atoms with E-state index in [-0.39, 0.29) is 11.9 Å². The molecule has 4 rings (SSSR count). The van der Waals surface area contributed by atoms with E-state index in [1.807, 2.05) is 36.7 Å². The van der Waals surface area contributed by atoms with Gasteiger partial charge in [0.15, 0.2) is 0 Å². The molecule has 1 saturated carbocycles. The Hall–Kier alpha value is -2.80. The molecule has 1 unspecified atom stereocenters. The number of imidazole rings is 1. The number of benzene rings is 1. The van der Waals surface area contributed by atoms with E-state index >= 15 is 0 Å². The van der Waals surface area contributed by atoms with Crippen molar-refractivity contribution in [2.24, 2.45) is 5.92 Å². The number of aromatic nitrogens is 4. The average Bonchev–Trinajstić information content (AvgIpc) is 3.28. The molecule has 0 spiro atoms. The smallest absolute Gasteiger partial charge is 0.251 e. The third-order valence-corrected chi connectivity index (χ3v) is 5.48. The highest BCUT2D eigenvalue weighted by Crippen LogP contribution is 2.28. The van der Waals surface area contributed by atoms with E-state index in [1.165, 1.54) is 0 Å². The Morgan fingerprint density at radius 1 is 1.30 bits per heavy atom. The molecule has 0 aliphatic heterocycles. The summed E-state index contributed by atoms with van der Waals surface area (Å²) < 4.78 is 2.01. The quantitative estimate of drug-likeness (QED) is 0.738. The first kappa shape index (κ1) is 17.6. The van der Waals surface area contributed by atoms with Gasteiger partial charge in [-0.3, -0.25) is 4.79 Å². The molecule has 1 fully saturated rings. The minimum atomic E-state index is -0.530. The number of carbonyl (C=O) groups is 1. The van der Waals surface area contributed by atoms with Crippen LogP contribution in [0.1, 0.15) is 34.5 Å². The summed E-state index contributed by atoms with van der Waals surface area (Å²) in [5.41, 5.74) is 3.23. The summed E-state index contributed by atoms with van der Waals surface area (Å²) in [6.45, 7) is 4.69. The van der Waals surface area contributed by atoms with Crippen molar-refractivity contribution < 1.29 is 9.90 Å². The van der Waals surface area contributed by atoms with E-state index in [2.05, 4.69) is 20.5 Å². The lowest BCUT2D eigenvalue weighted by Gasteiger charge is -2.17. The van der Waals surface area contributed by atoms with Crippen LogP contribution in [0.4, 0.5) is 0 Å². The van der Waals surface area contributed by atoms with Crippen molar-refractivity contribution >= 4 is 16.8 Å². The van der Waals surface area contributed by atoms with Gasteiger partial charge in [0.05, 0.1) is 29.7 Å². The molecular formula is C20H23N5O2. The largest absolute Gasteiger partial charge is 0.391 e. The van der Waals surface area contributed by atoms with E-state index in [4.69, 9.17) is 0 Å². The fraction of sp³-hybridized carbons (Fsp3) is 0.400. The number of aryl methyl sites for hydroxylation is 2. The zero-order valence-electron chi connectivity index (χ0n) is 15.5. The van der Waals surface area contributed by atoms with Gasteiger partial charge in [-0.25, -0.2) is 4.98 Å². The van der Waals surface area contributed by atoms with Crippen LogP contribution in [0.3, 0.4) is 0 Å². The number of aliphatic hydroxyl groups is 1. The maximum absolute atomic E-state index is 12.7. The summed E-state index contributed by atoms with van der Waals surface area (Å²) >= 11 is 0. The standard InChI is InChI=1S/C20H23N5O2/c1-12-13(2)23-24-17-4-3-15(9-16(12)17)20(27)22-18-7-14(8-19(18)26)10-25-6-5-21-11-25/h3-6,9,11,14,18-19,26H,7-8,10H2,1-2H3,(H,22,27)/t14?,18-,19-/m1/s1. The second kappa shape index (κ2) is 7.08. The van der Waals surface area contributed by atoms with Gasteiger partial charge in [-0.1, -0.05) is 0 Å². The SMILES string of the molecule is Cc1nnc2ccc(C(=O)N[C@@H]3CC(Cn4ccnc4)C[C@H]3O)cc2c1C. The van der Waals surface area contributed by atoms with Crippen molar-refractivity contribution in [3.63, 3.8) is 0 Å². The molecule has 1 amide bonds. The summed E-state index contributed by atoms with van der Waals surface area (Å²) in [5, 5.41) is 22.6. The molecule has 2 N–H and O–H groups in total. The molecule has 27 heavy (non-hydrogen) atoms. The minimum Gasteiger partial charge on any atom is -0.391 e. The van der Waals surface area contributed by atoms with Crippen LogP contribution in [0.2, 0.25) is 0 Å². The Balaban J connectivity index is 1.47. The number of hydrogen-bond donors (Lipinski definition) is 2. The number of aliphatic hydroxyl groups excluding tert-OH is 1. The van der Waals surface area contributed by atoms with Crippen LogP contribution < -0.4 is 5.32 Å². The lowest BCUT2D eigenvalue weighted by Crippen LogP contribution is -2.39. The molecule has 2 aromatic heterocycles. The molecule has 1 aliphatic rings. The van der Waals surface area contributed by atoms with Crippen LogP contribution in [0.15, 0.2) is 36.9 Å². The lowest BCUT2D eigenvalue weighted by molar-refractivity contribution is 0.0873. The minimum absolute atomic E-state index is 0.168. The van der Waals surface area contributed by atoms with Crippen molar-refractivity contribution in [3.8, 4) is 0 Å². The van der Waals surface area contributed by atoms with Gasteiger partial charge in [0.1, 0.15) is 0 Å². The van der Waals surface area contributed by atoms with Crippen molar-refractivity contribution in [3.05, 3.63) is 53.7 Å². The van der Waals surface area contributed by atoms with Gasteiger partial charge in [-0.2, -0.15) is 10.2 Å². The van der Waals surface area contributed by atoms with Crippen LogP contribution in [-0.2, 0) is 6.54 Å². The summed E-state index contributed by atoms with van der Waals surface area (Å²) in [7, 11) is 0. The van der Waals surface area contributed by atoms with E-state index in [9.17, 15) is 9.90 Å². The van der Waals surface area contributed by atoms with E-state index < -0.39 is 6.10 Å². The molecular weight excluding hydrogens is 342 g/mol.